The first-order chi connectivity index (χ1) is 17.8. The lowest BCUT2D eigenvalue weighted by molar-refractivity contribution is 0.135. The molecule has 0 radical (unpaired) electrons. The molecule has 0 bridgehead atoms. The summed E-state index contributed by atoms with van der Waals surface area (Å²) in [6.07, 6.45) is 3.11. The van der Waals surface area contributed by atoms with E-state index in [0.717, 1.165) is 23.1 Å². The molecule has 9 nitrogen and oxygen atoms in total. The van der Waals surface area contributed by atoms with Crippen molar-refractivity contribution in [3.8, 4) is 6.19 Å². The van der Waals surface area contributed by atoms with Crippen LogP contribution < -0.4 is 10.6 Å². The van der Waals surface area contributed by atoms with Gasteiger partial charge in [0.1, 0.15) is 0 Å². The SMILES string of the molecule is Cc1ccccc1N=C(NC#N)N1CCN(C(=O)Nc2cccc(S(C)(=O)=O)c2)C(c2ccccc2)C1. The van der Waals surface area contributed by atoms with Gasteiger partial charge in [0.15, 0.2) is 16.0 Å². The molecule has 1 unspecified atom stereocenters. The van der Waals surface area contributed by atoms with Gasteiger partial charge in [-0.05, 0) is 42.3 Å². The van der Waals surface area contributed by atoms with Crippen LogP contribution in [0, 0.1) is 18.4 Å². The standard InChI is InChI=1S/C27H28N6O3S/c1-20-9-6-7-14-24(20)31-26(29-19-28)32-15-16-33(25(18-32)21-10-4-3-5-11-21)27(34)30-22-12-8-13-23(17-22)37(2,35)36/h3-14,17,25H,15-16,18H2,1-2H3,(H,29,31)(H,30,34). The van der Waals surface area contributed by atoms with Crippen LogP contribution in [0.5, 0.6) is 0 Å². The van der Waals surface area contributed by atoms with Gasteiger partial charge in [-0.15, -0.1) is 0 Å². The fourth-order valence-corrected chi connectivity index (χ4v) is 4.88. The number of benzene rings is 3. The number of aliphatic imine (C=N–C) groups is 1. The number of guanidine groups is 1. The molecule has 0 aromatic heterocycles. The lowest BCUT2D eigenvalue weighted by Gasteiger charge is -2.42. The Hall–Kier alpha value is -4.36. The summed E-state index contributed by atoms with van der Waals surface area (Å²) in [7, 11) is -3.41. The van der Waals surface area contributed by atoms with Crippen molar-refractivity contribution in [2.45, 2.75) is 17.9 Å². The first-order valence-electron chi connectivity index (χ1n) is 11.7. The lowest BCUT2D eigenvalue weighted by Crippen LogP contribution is -2.55. The van der Waals surface area contributed by atoms with Crippen LogP contribution in [0.3, 0.4) is 0 Å². The molecular formula is C27H28N6O3S. The largest absolute Gasteiger partial charge is 0.338 e. The number of piperazine rings is 1. The van der Waals surface area contributed by atoms with E-state index in [1.54, 1.807) is 17.0 Å². The van der Waals surface area contributed by atoms with Crippen LogP contribution in [0.1, 0.15) is 17.2 Å². The van der Waals surface area contributed by atoms with Crippen LogP contribution in [0.2, 0.25) is 0 Å². The number of urea groups is 1. The molecule has 1 heterocycles. The van der Waals surface area contributed by atoms with E-state index in [2.05, 4.69) is 10.6 Å². The zero-order chi connectivity index (χ0) is 26.4. The highest BCUT2D eigenvalue weighted by atomic mass is 32.2. The third kappa shape index (κ3) is 6.26. The number of sulfone groups is 1. The number of hydrogen-bond acceptors (Lipinski definition) is 5. The molecule has 3 aromatic rings. The topological polar surface area (TPSA) is 118 Å². The predicted molar refractivity (Wildman–Crippen MR) is 143 cm³/mol. The minimum absolute atomic E-state index is 0.134. The molecule has 1 fully saturated rings. The molecule has 1 atom stereocenters. The Morgan fingerprint density at radius 2 is 1.76 bits per heavy atom. The molecule has 190 valence electrons. The highest BCUT2D eigenvalue weighted by molar-refractivity contribution is 7.90. The summed E-state index contributed by atoms with van der Waals surface area (Å²) < 4.78 is 23.9. The van der Waals surface area contributed by atoms with Crippen molar-refractivity contribution in [3.63, 3.8) is 0 Å². The summed E-state index contributed by atoms with van der Waals surface area (Å²) in [5, 5.41) is 15.0. The van der Waals surface area contributed by atoms with Gasteiger partial charge < -0.3 is 15.1 Å². The molecule has 1 aliphatic heterocycles. The minimum Gasteiger partial charge on any atom is -0.338 e. The summed E-state index contributed by atoms with van der Waals surface area (Å²) in [6, 6.07) is 22.8. The Labute approximate surface area is 217 Å². The molecule has 0 spiro atoms. The molecule has 0 saturated carbocycles. The molecule has 2 N–H and O–H groups in total. The van der Waals surface area contributed by atoms with Crippen molar-refractivity contribution in [1.82, 2.24) is 15.1 Å². The van der Waals surface area contributed by atoms with Crippen molar-refractivity contribution >= 4 is 33.2 Å². The zero-order valence-electron chi connectivity index (χ0n) is 20.6. The number of hydrogen-bond donors (Lipinski definition) is 2. The summed E-state index contributed by atoms with van der Waals surface area (Å²) in [5.41, 5.74) is 3.06. The van der Waals surface area contributed by atoms with Crippen LogP contribution in [-0.2, 0) is 9.84 Å². The highest BCUT2D eigenvalue weighted by Crippen LogP contribution is 2.28. The van der Waals surface area contributed by atoms with Crippen LogP contribution in [-0.4, -0.2) is 56.1 Å². The number of aryl methyl sites for hydroxylation is 1. The lowest BCUT2D eigenvalue weighted by atomic mass is 10.0. The van der Waals surface area contributed by atoms with Gasteiger partial charge in [0.2, 0.25) is 5.96 Å². The minimum atomic E-state index is -3.41. The van der Waals surface area contributed by atoms with Gasteiger partial charge >= 0.3 is 6.03 Å². The monoisotopic (exact) mass is 516 g/mol. The van der Waals surface area contributed by atoms with Gasteiger partial charge in [0.25, 0.3) is 0 Å². The van der Waals surface area contributed by atoms with E-state index in [9.17, 15) is 18.5 Å². The van der Waals surface area contributed by atoms with Crippen LogP contribution in [0.15, 0.2) is 88.8 Å². The molecule has 2 amide bonds. The third-order valence-corrected chi connectivity index (χ3v) is 7.26. The Balaban J connectivity index is 1.62. The number of carbonyl (C=O) groups is 1. The number of anilines is 1. The number of amides is 2. The number of nitrogens with one attached hydrogen (secondary N) is 2. The van der Waals surface area contributed by atoms with E-state index in [1.165, 1.54) is 12.1 Å². The summed E-state index contributed by atoms with van der Waals surface area (Å²) >= 11 is 0. The summed E-state index contributed by atoms with van der Waals surface area (Å²) in [6.45, 7) is 3.16. The maximum atomic E-state index is 13.4. The average Bonchev–Trinajstić information content (AvgIpc) is 2.89. The van der Waals surface area contributed by atoms with Crippen LogP contribution in [0.4, 0.5) is 16.2 Å². The average molecular weight is 517 g/mol. The second-order valence-corrected chi connectivity index (χ2v) is 10.8. The smallest absolute Gasteiger partial charge is 0.322 e. The molecule has 0 aliphatic carbocycles. The Morgan fingerprint density at radius 1 is 1.03 bits per heavy atom. The number of para-hydroxylation sites is 1. The maximum absolute atomic E-state index is 13.4. The van der Waals surface area contributed by atoms with E-state index in [-0.39, 0.29) is 17.0 Å². The number of carbonyl (C=O) groups excluding carboxylic acids is 1. The Kier molecular flexibility index (Phi) is 7.74. The van der Waals surface area contributed by atoms with Gasteiger partial charge in [0, 0.05) is 31.6 Å². The molecule has 1 aliphatic rings. The Bertz CT molecular complexity index is 1450. The fraction of sp³-hybridized carbons (Fsp3) is 0.222. The van der Waals surface area contributed by atoms with Crippen molar-refractivity contribution in [1.29, 1.82) is 5.26 Å². The van der Waals surface area contributed by atoms with Gasteiger partial charge in [-0.1, -0.05) is 54.6 Å². The second kappa shape index (κ2) is 11.1. The molecule has 3 aromatic carbocycles. The quantitative estimate of drug-likeness (QED) is 0.234. The molecule has 10 heteroatoms. The van der Waals surface area contributed by atoms with Gasteiger partial charge in [-0.25, -0.2) is 18.2 Å². The van der Waals surface area contributed by atoms with Crippen LogP contribution in [0.25, 0.3) is 0 Å². The molecular weight excluding hydrogens is 488 g/mol. The van der Waals surface area contributed by atoms with Gasteiger partial charge in [-0.3, -0.25) is 5.32 Å². The van der Waals surface area contributed by atoms with Crippen molar-refractivity contribution < 1.29 is 13.2 Å². The van der Waals surface area contributed by atoms with E-state index >= 15 is 0 Å². The van der Waals surface area contributed by atoms with Crippen molar-refractivity contribution in [2.24, 2.45) is 4.99 Å². The highest BCUT2D eigenvalue weighted by Gasteiger charge is 2.33. The molecule has 1 saturated heterocycles. The van der Waals surface area contributed by atoms with E-state index < -0.39 is 9.84 Å². The summed E-state index contributed by atoms with van der Waals surface area (Å²) in [4.78, 5) is 21.9. The van der Waals surface area contributed by atoms with Crippen molar-refractivity contribution in [3.05, 3.63) is 90.0 Å². The first kappa shape index (κ1) is 25.7. The maximum Gasteiger partial charge on any atom is 0.322 e. The number of nitrogens with zero attached hydrogens (tertiary/aromatic N) is 4. The Morgan fingerprint density at radius 3 is 2.46 bits per heavy atom. The van der Waals surface area contributed by atoms with E-state index in [1.807, 2.05) is 72.6 Å². The van der Waals surface area contributed by atoms with Crippen molar-refractivity contribution in [2.75, 3.05) is 31.2 Å². The van der Waals surface area contributed by atoms with Gasteiger partial charge in [0.05, 0.1) is 16.6 Å². The van der Waals surface area contributed by atoms with Gasteiger partial charge in [-0.2, -0.15) is 5.26 Å². The number of nitriles is 1. The van der Waals surface area contributed by atoms with Crippen LogP contribution >= 0.6 is 0 Å². The first-order valence-corrected chi connectivity index (χ1v) is 13.6. The van der Waals surface area contributed by atoms with E-state index in [4.69, 9.17) is 4.99 Å². The second-order valence-electron chi connectivity index (χ2n) is 8.75. The third-order valence-electron chi connectivity index (χ3n) is 6.15. The molecule has 4 rings (SSSR count). The number of rotatable bonds is 4. The summed E-state index contributed by atoms with van der Waals surface area (Å²) in [5.74, 6) is 0.415. The normalized spacial score (nSPS) is 16.1. The predicted octanol–water partition coefficient (Wildman–Crippen LogP) is 4.05. The fourth-order valence-electron chi connectivity index (χ4n) is 4.21. The zero-order valence-corrected chi connectivity index (χ0v) is 21.4. The molecule has 37 heavy (non-hydrogen) atoms. The van der Waals surface area contributed by atoms with E-state index in [0.29, 0.717) is 31.3 Å².